The van der Waals surface area contributed by atoms with Crippen LogP contribution in [0.25, 0.3) is 0 Å². The van der Waals surface area contributed by atoms with E-state index in [1.807, 2.05) is 6.07 Å². The van der Waals surface area contributed by atoms with Crippen LogP contribution in [0.1, 0.15) is 56.6 Å². The van der Waals surface area contributed by atoms with Gasteiger partial charge in [-0.15, -0.1) is 0 Å². The molecule has 2 aromatic rings. The number of carbonyl (C=O) groups excluding carboxylic acids is 1. The quantitative estimate of drug-likeness (QED) is 0.409. The van der Waals surface area contributed by atoms with Gasteiger partial charge in [-0.2, -0.15) is 0 Å². The summed E-state index contributed by atoms with van der Waals surface area (Å²) in [6.07, 6.45) is 4.71. The second kappa shape index (κ2) is 8.42. The number of hydrogen-bond donors (Lipinski definition) is 3. The maximum atomic E-state index is 15.6. The number of nitrogens with one attached hydrogen (secondary N) is 2. The molecule has 9 heteroatoms. The lowest BCUT2D eigenvalue weighted by molar-refractivity contribution is -0.124. The number of hydrogen-bond acceptors (Lipinski definition) is 5. The predicted octanol–water partition coefficient (Wildman–Crippen LogP) is 4.78. The zero-order valence-corrected chi connectivity index (χ0v) is 20.6. The molecule has 3 heterocycles. The number of ether oxygens (including phenoxy) is 1. The molecule has 1 aromatic carbocycles. The molecular formula is C25H28Cl2FN3O3. The Morgan fingerprint density at radius 3 is 2.65 bits per heavy atom. The average molecular weight is 508 g/mol. The maximum absolute atomic E-state index is 15.6. The minimum absolute atomic E-state index is 0.101. The maximum Gasteiger partial charge on any atom is 0.237 e. The van der Waals surface area contributed by atoms with E-state index in [1.54, 1.807) is 18.2 Å². The van der Waals surface area contributed by atoms with Crippen molar-refractivity contribution in [1.82, 2.24) is 10.3 Å². The van der Waals surface area contributed by atoms with E-state index in [9.17, 15) is 9.90 Å². The SMILES string of the molecule is CC1(C)CCC2(CC1)N[C@@H](COCO)[C@H](c1ccnc(Cl)c1F)[C@]21C(=O)Nc2cc(Cl)ccc21. The van der Waals surface area contributed by atoms with Gasteiger partial charge in [-0.25, -0.2) is 9.37 Å². The third-order valence-electron chi connectivity index (χ3n) is 8.16. The number of benzene rings is 1. The molecule has 1 saturated carbocycles. The lowest BCUT2D eigenvalue weighted by Gasteiger charge is -2.50. The van der Waals surface area contributed by atoms with Crippen LogP contribution in [-0.4, -0.2) is 41.0 Å². The van der Waals surface area contributed by atoms with Crippen molar-refractivity contribution >= 4 is 34.8 Å². The van der Waals surface area contributed by atoms with Crippen molar-refractivity contribution in [3.8, 4) is 0 Å². The zero-order valence-electron chi connectivity index (χ0n) is 19.1. The molecule has 1 aromatic heterocycles. The molecule has 2 aliphatic heterocycles. The van der Waals surface area contributed by atoms with Crippen LogP contribution in [0.15, 0.2) is 30.5 Å². The van der Waals surface area contributed by atoms with Crippen molar-refractivity contribution in [3.63, 3.8) is 0 Å². The molecule has 3 aliphatic rings. The lowest BCUT2D eigenvalue weighted by atomic mass is 9.53. The molecule has 1 saturated heterocycles. The van der Waals surface area contributed by atoms with E-state index in [-0.39, 0.29) is 23.1 Å². The summed E-state index contributed by atoms with van der Waals surface area (Å²) in [6, 6.07) is 6.53. The van der Waals surface area contributed by atoms with Crippen molar-refractivity contribution in [2.24, 2.45) is 5.41 Å². The van der Waals surface area contributed by atoms with Crippen molar-refractivity contribution in [1.29, 1.82) is 0 Å². The van der Waals surface area contributed by atoms with E-state index in [0.717, 1.165) is 31.2 Å². The minimum atomic E-state index is -1.13. The number of aliphatic hydroxyl groups is 1. The molecular weight excluding hydrogens is 480 g/mol. The summed E-state index contributed by atoms with van der Waals surface area (Å²) in [7, 11) is 0. The van der Waals surface area contributed by atoms with Gasteiger partial charge in [0.05, 0.1) is 6.61 Å². The highest BCUT2D eigenvalue weighted by Crippen LogP contribution is 2.63. The van der Waals surface area contributed by atoms with Gasteiger partial charge in [0.1, 0.15) is 12.2 Å². The fraction of sp³-hybridized carbons (Fsp3) is 0.520. The predicted molar refractivity (Wildman–Crippen MR) is 129 cm³/mol. The molecule has 1 aliphatic carbocycles. The molecule has 1 amide bonds. The standard InChI is InChI=1S/C25H28Cl2FN3O3/c1-23(2)6-8-24(9-7-23)25(16-4-3-14(26)11-17(16)30-22(25)33)19(18(31-24)12-34-13-32)15-5-10-29-21(27)20(15)28/h3-5,10-11,18-19,31-32H,6-9,12-13H2,1-2H3,(H,30,33)/t18-,19-,25+/m0/s1. The summed E-state index contributed by atoms with van der Waals surface area (Å²) in [5.74, 6) is -1.49. The zero-order chi connectivity index (χ0) is 24.3. The number of fused-ring (bicyclic) bond motifs is 3. The van der Waals surface area contributed by atoms with E-state index in [4.69, 9.17) is 27.9 Å². The van der Waals surface area contributed by atoms with Crippen molar-refractivity contribution in [3.05, 3.63) is 57.6 Å². The van der Waals surface area contributed by atoms with E-state index in [2.05, 4.69) is 29.5 Å². The topological polar surface area (TPSA) is 83.5 Å². The Kier molecular flexibility index (Phi) is 5.93. The van der Waals surface area contributed by atoms with E-state index in [0.29, 0.717) is 16.3 Å². The lowest BCUT2D eigenvalue weighted by Crippen LogP contribution is -2.61. The Morgan fingerprint density at radius 1 is 1.21 bits per heavy atom. The highest BCUT2D eigenvalue weighted by molar-refractivity contribution is 6.31. The first-order valence-corrected chi connectivity index (χ1v) is 12.3. The summed E-state index contributed by atoms with van der Waals surface area (Å²) >= 11 is 12.4. The second-order valence-corrected chi connectivity index (χ2v) is 11.2. The van der Waals surface area contributed by atoms with Gasteiger partial charge in [-0.3, -0.25) is 4.79 Å². The molecule has 0 unspecified atom stereocenters. The van der Waals surface area contributed by atoms with Gasteiger partial charge < -0.3 is 20.5 Å². The molecule has 0 bridgehead atoms. The fourth-order valence-electron chi connectivity index (χ4n) is 6.57. The van der Waals surface area contributed by atoms with E-state index < -0.39 is 35.5 Å². The van der Waals surface area contributed by atoms with Crippen molar-refractivity contribution in [2.75, 3.05) is 18.7 Å². The number of carbonyl (C=O) groups is 1. The van der Waals surface area contributed by atoms with Crippen molar-refractivity contribution < 1.29 is 19.0 Å². The van der Waals surface area contributed by atoms with Gasteiger partial charge in [0.25, 0.3) is 0 Å². The van der Waals surface area contributed by atoms with Crippen LogP contribution < -0.4 is 10.6 Å². The highest BCUT2D eigenvalue weighted by Gasteiger charge is 2.71. The number of halogens is 3. The molecule has 0 radical (unpaired) electrons. The van der Waals surface area contributed by atoms with Crippen LogP contribution in [0.5, 0.6) is 0 Å². The van der Waals surface area contributed by atoms with E-state index >= 15 is 4.39 Å². The summed E-state index contributed by atoms with van der Waals surface area (Å²) in [5, 5.41) is 16.5. The normalized spacial score (nSPS) is 28.9. The Balaban J connectivity index is 1.79. The van der Waals surface area contributed by atoms with Crippen LogP contribution in [0, 0.1) is 11.2 Å². The fourth-order valence-corrected chi connectivity index (χ4v) is 6.91. The Labute approximate surface area is 208 Å². The number of aliphatic hydroxyl groups excluding tert-OH is 1. The van der Waals surface area contributed by atoms with E-state index in [1.165, 1.54) is 6.20 Å². The summed E-state index contributed by atoms with van der Waals surface area (Å²) in [4.78, 5) is 18.0. The first kappa shape index (κ1) is 23.9. The second-order valence-electron chi connectivity index (χ2n) is 10.4. The molecule has 3 atom stereocenters. The van der Waals surface area contributed by atoms with Crippen LogP contribution >= 0.6 is 23.2 Å². The largest absolute Gasteiger partial charge is 0.371 e. The minimum Gasteiger partial charge on any atom is -0.371 e. The van der Waals surface area contributed by atoms with Crippen LogP contribution in [0.4, 0.5) is 10.1 Å². The Hall–Kier alpha value is -1.77. The van der Waals surface area contributed by atoms with Crippen LogP contribution in [0.2, 0.25) is 10.2 Å². The molecule has 34 heavy (non-hydrogen) atoms. The van der Waals surface area contributed by atoms with Gasteiger partial charge >= 0.3 is 0 Å². The van der Waals surface area contributed by atoms with Gasteiger partial charge in [0, 0.05) is 34.4 Å². The average Bonchev–Trinajstić information content (AvgIpc) is 3.23. The molecule has 2 spiro atoms. The van der Waals surface area contributed by atoms with Crippen molar-refractivity contribution in [2.45, 2.75) is 62.4 Å². The summed E-state index contributed by atoms with van der Waals surface area (Å²) in [5.41, 5.74) is 0.0850. The van der Waals surface area contributed by atoms with Gasteiger partial charge in [-0.1, -0.05) is 43.1 Å². The molecule has 5 rings (SSSR count). The summed E-state index contributed by atoms with van der Waals surface area (Å²) < 4.78 is 21.0. The number of amides is 1. The van der Waals surface area contributed by atoms with Crippen LogP contribution in [0.3, 0.4) is 0 Å². The third-order valence-corrected chi connectivity index (χ3v) is 8.65. The van der Waals surface area contributed by atoms with Gasteiger partial charge in [0.2, 0.25) is 5.91 Å². The summed E-state index contributed by atoms with van der Waals surface area (Å²) in [6.45, 7) is 4.09. The molecule has 3 N–H and O–H groups in total. The molecule has 182 valence electrons. The Bertz CT molecular complexity index is 1130. The van der Waals surface area contributed by atoms with Gasteiger partial charge in [-0.05, 0) is 60.4 Å². The van der Waals surface area contributed by atoms with Gasteiger partial charge in [0.15, 0.2) is 11.0 Å². The monoisotopic (exact) mass is 507 g/mol. The number of rotatable bonds is 4. The number of nitrogens with zero attached hydrogens (tertiary/aromatic N) is 1. The number of anilines is 1. The highest BCUT2D eigenvalue weighted by atomic mass is 35.5. The van der Waals surface area contributed by atoms with Crippen LogP contribution in [-0.2, 0) is 14.9 Å². The first-order chi connectivity index (χ1) is 16.1. The first-order valence-electron chi connectivity index (χ1n) is 11.5. The number of aromatic nitrogens is 1. The molecule has 6 nitrogen and oxygen atoms in total. The third kappa shape index (κ3) is 3.39. The molecule has 2 fully saturated rings. The Morgan fingerprint density at radius 2 is 1.94 bits per heavy atom. The number of pyridine rings is 1. The smallest absolute Gasteiger partial charge is 0.237 e.